The van der Waals surface area contributed by atoms with E-state index in [4.69, 9.17) is 5.11 Å². The molecule has 0 spiro atoms. The number of aliphatic hydroxyl groups is 1. The Kier molecular flexibility index (Phi) is 5.68. The van der Waals surface area contributed by atoms with E-state index in [0.717, 1.165) is 13.1 Å². The van der Waals surface area contributed by atoms with Crippen molar-refractivity contribution in [1.82, 2.24) is 9.62 Å². The summed E-state index contributed by atoms with van der Waals surface area (Å²) in [7, 11) is -3.19. The highest BCUT2D eigenvalue weighted by molar-refractivity contribution is 7.89. The fourth-order valence-corrected chi connectivity index (χ4v) is 2.77. The van der Waals surface area contributed by atoms with Gasteiger partial charge in [-0.25, -0.2) is 13.1 Å². The van der Waals surface area contributed by atoms with Gasteiger partial charge in [0.1, 0.15) is 0 Å². The molecule has 1 aliphatic rings. The van der Waals surface area contributed by atoms with Crippen LogP contribution >= 0.6 is 0 Å². The predicted molar refractivity (Wildman–Crippen MR) is 63.8 cm³/mol. The van der Waals surface area contributed by atoms with Crippen LogP contribution in [-0.4, -0.2) is 56.5 Å². The molecule has 0 aromatic rings. The number of nitrogens with zero attached hydrogens (tertiary/aromatic N) is 1. The van der Waals surface area contributed by atoms with Crippen molar-refractivity contribution in [1.29, 1.82) is 0 Å². The second kappa shape index (κ2) is 6.54. The Hall–Kier alpha value is -0.170. The number of likely N-dealkylation sites (N-methyl/N-ethyl adjacent to an activating group) is 1. The first kappa shape index (κ1) is 13.9. The van der Waals surface area contributed by atoms with Crippen molar-refractivity contribution in [3.8, 4) is 0 Å². The van der Waals surface area contributed by atoms with Crippen molar-refractivity contribution < 1.29 is 13.5 Å². The summed E-state index contributed by atoms with van der Waals surface area (Å²) in [6, 6.07) is 0.673. The monoisotopic (exact) mass is 250 g/mol. The summed E-state index contributed by atoms with van der Waals surface area (Å²) >= 11 is 0. The third-order valence-electron chi connectivity index (χ3n) is 2.76. The number of aliphatic hydroxyl groups excluding tert-OH is 1. The predicted octanol–water partition coefficient (Wildman–Crippen LogP) is -0.227. The zero-order valence-electron chi connectivity index (χ0n) is 9.85. The molecule has 0 aromatic heterocycles. The van der Waals surface area contributed by atoms with Crippen LogP contribution in [-0.2, 0) is 10.0 Å². The maximum atomic E-state index is 11.4. The van der Waals surface area contributed by atoms with Crippen LogP contribution in [0.5, 0.6) is 0 Å². The van der Waals surface area contributed by atoms with E-state index in [1.165, 1.54) is 12.8 Å². The Morgan fingerprint density at radius 2 is 2.12 bits per heavy atom. The highest BCUT2D eigenvalue weighted by Crippen LogP contribution is 2.25. The van der Waals surface area contributed by atoms with Crippen LogP contribution in [0, 0.1) is 0 Å². The lowest BCUT2D eigenvalue weighted by molar-refractivity contribution is 0.282. The molecule has 2 N–H and O–H groups in total. The Morgan fingerprint density at radius 1 is 1.44 bits per heavy atom. The first-order valence-corrected chi connectivity index (χ1v) is 7.56. The molecule has 1 aliphatic carbocycles. The SMILES string of the molecule is CCN(CCNS(=O)(=O)CCCO)C1CC1. The van der Waals surface area contributed by atoms with Gasteiger partial charge >= 0.3 is 0 Å². The highest BCUT2D eigenvalue weighted by atomic mass is 32.2. The number of hydrogen-bond acceptors (Lipinski definition) is 4. The van der Waals surface area contributed by atoms with Crippen LogP contribution < -0.4 is 4.72 Å². The molecule has 0 heterocycles. The van der Waals surface area contributed by atoms with Crippen molar-refractivity contribution in [2.45, 2.75) is 32.2 Å². The maximum Gasteiger partial charge on any atom is 0.211 e. The highest BCUT2D eigenvalue weighted by Gasteiger charge is 2.27. The first-order chi connectivity index (χ1) is 7.59. The topological polar surface area (TPSA) is 69.6 Å². The molecule has 0 atom stereocenters. The van der Waals surface area contributed by atoms with Gasteiger partial charge in [0.05, 0.1) is 5.75 Å². The molecular weight excluding hydrogens is 228 g/mol. The van der Waals surface area contributed by atoms with Gasteiger partial charge in [-0.3, -0.25) is 4.90 Å². The molecule has 5 nitrogen and oxygen atoms in total. The minimum Gasteiger partial charge on any atom is -0.396 e. The summed E-state index contributed by atoms with van der Waals surface area (Å²) in [4.78, 5) is 2.30. The lowest BCUT2D eigenvalue weighted by Gasteiger charge is -2.19. The Bertz CT molecular complexity index is 288. The molecule has 96 valence electrons. The summed E-state index contributed by atoms with van der Waals surface area (Å²) in [5, 5.41) is 8.56. The summed E-state index contributed by atoms with van der Waals surface area (Å²) in [6.45, 7) is 4.24. The average molecular weight is 250 g/mol. The molecule has 1 rings (SSSR count). The van der Waals surface area contributed by atoms with Crippen LogP contribution in [0.25, 0.3) is 0 Å². The number of nitrogens with one attached hydrogen (secondary N) is 1. The second-order valence-electron chi connectivity index (χ2n) is 4.15. The lowest BCUT2D eigenvalue weighted by Crippen LogP contribution is -2.37. The normalized spacial score (nSPS) is 16.9. The van der Waals surface area contributed by atoms with Crippen molar-refractivity contribution >= 4 is 10.0 Å². The molecule has 0 radical (unpaired) electrons. The average Bonchev–Trinajstić information content (AvgIpc) is 3.05. The lowest BCUT2D eigenvalue weighted by atomic mass is 10.4. The molecule has 1 fully saturated rings. The van der Waals surface area contributed by atoms with Crippen LogP contribution in [0.15, 0.2) is 0 Å². The van der Waals surface area contributed by atoms with E-state index < -0.39 is 10.0 Å². The molecule has 0 aromatic carbocycles. The molecule has 0 amide bonds. The summed E-state index contributed by atoms with van der Waals surface area (Å²) in [5.74, 6) is 0.0129. The molecule has 0 unspecified atom stereocenters. The van der Waals surface area contributed by atoms with Gasteiger partial charge in [0.25, 0.3) is 0 Å². The Labute approximate surface area is 97.9 Å². The van der Waals surface area contributed by atoms with Gasteiger partial charge in [-0.15, -0.1) is 0 Å². The van der Waals surface area contributed by atoms with Crippen LogP contribution in [0.3, 0.4) is 0 Å². The maximum absolute atomic E-state index is 11.4. The van der Waals surface area contributed by atoms with Gasteiger partial charge in [-0.1, -0.05) is 6.92 Å². The van der Waals surface area contributed by atoms with Gasteiger partial charge in [-0.05, 0) is 25.8 Å². The van der Waals surface area contributed by atoms with E-state index in [9.17, 15) is 8.42 Å². The fourth-order valence-electron chi connectivity index (χ4n) is 1.71. The van der Waals surface area contributed by atoms with Crippen molar-refractivity contribution in [2.75, 3.05) is 32.0 Å². The van der Waals surface area contributed by atoms with Crippen LogP contribution in [0.1, 0.15) is 26.2 Å². The summed E-state index contributed by atoms with van der Waals surface area (Å²) in [5.41, 5.74) is 0. The molecule has 6 heteroatoms. The van der Waals surface area contributed by atoms with Gasteiger partial charge in [0.2, 0.25) is 10.0 Å². The minimum atomic E-state index is -3.19. The van der Waals surface area contributed by atoms with Crippen LogP contribution in [0.2, 0.25) is 0 Å². The minimum absolute atomic E-state index is 0.0129. The standard InChI is InChI=1S/C10H22N2O3S/c1-2-12(10-4-5-10)7-6-11-16(14,15)9-3-8-13/h10-11,13H,2-9H2,1H3. The molecule has 0 saturated heterocycles. The van der Waals surface area contributed by atoms with Crippen LogP contribution in [0.4, 0.5) is 0 Å². The fraction of sp³-hybridized carbons (Fsp3) is 1.00. The first-order valence-electron chi connectivity index (χ1n) is 5.91. The second-order valence-corrected chi connectivity index (χ2v) is 6.08. The summed E-state index contributed by atoms with van der Waals surface area (Å²) < 4.78 is 25.4. The van der Waals surface area contributed by atoms with Crippen molar-refractivity contribution in [2.24, 2.45) is 0 Å². The van der Waals surface area contributed by atoms with Gasteiger partial charge in [0.15, 0.2) is 0 Å². The number of hydrogen-bond donors (Lipinski definition) is 2. The smallest absolute Gasteiger partial charge is 0.211 e. The zero-order valence-corrected chi connectivity index (χ0v) is 10.7. The van der Waals surface area contributed by atoms with Crippen molar-refractivity contribution in [3.63, 3.8) is 0 Å². The van der Waals surface area contributed by atoms with E-state index in [0.29, 0.717) is 19.0 Å². The van der Waals surface area contributed by atoms with Crippen molar-refractivity contribution in [3.05, 3.63) is 0 Å². The largest absolute Gasteiger partial charge is 0.396 e. The van der Waals surface area contributed by atoms with E-state index in [2.05, 4.69) is 16.5 Å². The number of sulfonamides is 1. The third-order valence-corrected chi connectivity index (χ3v) is 4.23. The van der Waals surface area contributed by atoms with E-state index >= 15 is 0 Å². The molecule has 0 aliphatic heterocycles. The molecule has 16 heavy (non-hydrogen) atoms. The van der Waals surface area contributed by atoms with Gasteiger partial charge in [0, 0.05) is 25.7 Å². The van der Waals surface area contributed by atoms with E-state index in [1.54, 1.807) is 0 Å². The molecule has 0 bridgehead atoms. The molecular formula is C10H22N2O3S. The van der Waals surface area contributed by atoms with Gasteiger partial charge < -0.3 is 5.11 Å². The quantitative estimate of drug-likeness (QED) is 0.593. The van der Waals surface area contributed by atoms with E-state index in [-0.39, 0.29) is 12.4 Å². The summed E-state index contributed by atoms with van der Waals surface area (Å²) in [6.07, 6.45) is 2.78. The van der Waals surface area contributed by atoms with E-state index in [1.807, 2.05) is 0 Å². The number of rotatable bonds is 9. The Morgan fingerprint density at radius 3 is 2.62 bits per heavy atom. The Balaban J connectivity index is 2.17. The third kappa shape index (κ3) is 5.25. The zero-order chi connectivity index (χ0) is 12.0. The molecule has 1 saturated carbocycles. The van der Waals surface area contributed by atoms with Gasteiger partial charge in [-0.2, -0.15) is 0 Å².